The minimum Gasteiger partial charge on any atom is -0.207 e. The molecule has 1 aliphatic rings. The van der Waals surface area contributed by atoms with E-state index < -0.39 is 10.0 Å². The summed E-state index contributed by atoms with van der Waals surface area (Å²) in [7, 11) is -3.31. The normalized spacial score (nSPS) is 16.7. The van der Waals surface area contributed by atoms with Gasteiger partial charge in [-0.3, -0.25) is 0 Å². The van der Waals surface area contributed by atoms with Crippen LogP contribution in [0.25, 0.3) is 11.1 Å². The molecule has 4 heteroatoms. The van der Waals surface area contributed by atoms with Crippen LogP contribution in [0.5, 0.6) is 0 Å². The summed E-state index contributed by atoms with van der Waals surface area (Å²) in [6, 6.07) is 15.4. The maximum Gasteiger partial charge on any atom is 0.243 e. The molecule has 0 bridgehead atoms. The van der Waals surface area contributed by atoms with Gasteiger partial charge in [-0.05, 0) is 36.1 Å². The van der Waals surface area contributed by atoms with Gasteiger partial charge in [0.2, 0.25) is 10.0 Å². The van der Waals surface area contributed by atoms with Gasteiger partial charge < -0.3 is 0 Å². The molecule has 0 aromatic heterocycles. The van der Waals surface area contributed by atoms with Gasteiger partial charge in [-0.15, -0.1) is 0 Å². The minimum atomic E-state index is -3.31. The van der Waals surface area contributed by atoms with E-state index in [2.05, 4.69) is 31.2 Å². The van der Waals surface area contributed by atoms with Crippen molar-refractivity contribution in [3.05, 3.63) is 54.1 Å². The van der Waals surface area contributed by atoms with Gasteiger partial charge in [0.15, 0.2) is 0 Å². The van der Waals surface area contributed by atoms with E-state index in [0.29, 0.717) is 23.9 Å². The summed E-state index contributed by atoms with van der Waals surface area (Å²) in [5.41, 5.74) is 3.35. The van der Waals surface area contributed by atoms with Crippen molar-refractivity contribution in [2.45, 2.75) is 18.7 Å². The van der Waals surface area contributed by atoms with E-state index in [9.17, 15) is 8.42 Å². The average Bonchev–Trinajstić information content (AvgIpc) is 2.45. The lowest BCUT2D eigenvalue weighted by Gasteiger charge is -2.35. The molecule has 0 atom stereocenters. The zero-order chi connectivity index (χ0) is 15.0. The SMILES string of the molecule is Cc1ccc(-c2ccc(S(=O)(=O)N3CC(C)C3)cc2)cc1. The van der Waals surface area contributed by atoms with Crippen molar-refractivity contribution in [2.24, 2.45) is 5.92 Å². The van der Waals surface area contributed by atoms with Crippen LogP contribution in [0.1, 0.15) is 12.5 Å². The maximum atomic E-state index is 12.4. The third-order valence-electron chi connectivity index (χ3n) is 3.91. The van der Waals surface area contributed by atoms with Crippen LogP contribution in [0.15, 0.2) is 53.4 Å². The molecule has 0 amide bonds. The highest BCUT2D eigenvalue weighted by Crippen LogP contribution is 2.27. The monoisotopic (exact) mass is 301 g/mol. The second-order valence-electron chi connectivity index (χ2n) is 5.82. The molecule has 0 spiro atoms. The van der Waals surface area contributed by atoms with Crippen molar-refractivity contribution in [3.8, 4) is 11.1 Å². The molecule has 0 radical (unpaired) electrons. The summed E-state index contributed by atoms with van der Waals surface area (Å²) in [4.78, 5) is 0.380. The average molecular weight is 301 g/mol. The number of benzene rings is 2. The third-order valence-corrected chi connectivity index (χ3v) is 5.75. The first-order valence-corrected chi connectivity index (χ1v) is 8.58. The lowest BCUT2D eigenvalue weighted by Crippen LogP contribution is -2.48. The van der Waals surface area contributed by atoms with Crippen molar-refractivity contribution in [1.29, 1.82) is 0 Å². The Hall–Kier alpha value is -1.65. The van der Waals surface area contributed by atoms with Gasteiger partial charge in [0.25, 0.3) is 0 Å². The Bertz CT molecular complexity index is 727. The highest BCUT2D eigenvalue weighted by Gasteiger charge is 2.33. The molecule has 110 valence electrons. The minimum absolute atomic E-state index is 0.380. The van der Waals surface area contributed by atoms with E-state index in [1.807, 2.05) is 19.1 Å². The first-order valence-electron chi connectivity index (χ1n) is 7.14. The standard InChI is InChI=1S/C17H19NO2S/c1-13-3-5-15(6-4-13)16-7-9-17(10-8-16)21(19,20)18-11-14(2)12-18/h3-10,14H,11-12H2,1-2H3. The molecule has 1 fully saturated rings. The molecule has 0 unspecified atom stereocenters. The molecule has 2 aromatic carbocycles. The Kier molecular flexibility index (Phi) is 3.59. The Labute approximate surface area is 126 Å². The predicted octanol–water partition coefficient (Wildman–Crippen LogP) is 3.30. The van der Waals surface area contributed by atoms with Crippen LogP contribution in [-0.2, 0) is 10.0 Å². The molecule has 21 heavy (non-hydrogen) atoms. The predicted molar refractivity (Wildman–Crippen MR) is 84.5 cm³/mol. The molecule has 1 saturated heterocycles. The highest BCUT2D eigenvalue weighted by atomic mass is 32.2. The van der Waals surface area contributed by atoms with E-state index >= 15 is 0 Å². The number of aryl methyl sites for hydroxylation is 1. The van der Waals surface area contributed by atoms with Crippen LogP contribution in [-0.4, -0.2) is 25.8 Å². The van der Waals surface area contributed by atoms with Crippen molar-refractivity contribution < 1.29 is 8.42 Å². The van der Waals surface area contributed by atoms with Gasteiger partial charge in [-0.2, -0.15) is 4.31 Å². The lowest BCUT2D eigenvalue weighted by atomic mass is 10.0. The van der Waals surface area contributed by atoms with Gasteiger partial charge >= 0.3 is 0 Å². The molecule has 1 aliphatic heterocycles. The first-order chi connectivity index (χ1) is 9.96. The fourth-order valence-corrected chi connectivity index (χ4v) is 4.23. The quantitative estimate of drug-likeness (QED) is 0.872. The molecular weight excluding hydrogens is 282 g/mol. The van der Waals surface area contributed by atoms with Crippen LogP contribution in [0.3, 0.4) is 0 Å². The van der Waals surface area contributed by atoms with Crippen molar-refractivity contribution in [3.63, 3.8) is 0 Å². The summed E-state index contributed by atoms with van der Waals surface area (Å²) in [5.74, 6) is 0.464. The number of hydrogen-bond donors (Lipinski definition) is 0. The number of hydrogen-bond acceptors (Lipinski definition) is 2. The van der Waals surface area contributed by atoms with Crippen molar-refractivity contribution in [1.82, 2.24) is 4.31 Å². The van der Waals surface area contributed by atoms with Crippen LogP contribution in [0.2, 0.25) is 0 Å². The zero-order valence-electron chi connectivity index (χ0n) is 12.3. The van der Waals surface area contributed by atoms with Crippen molar-refractivity contribution in [2.75, 3.05) is 13.1 Å². The second-order valence-corrected chi connectivity index (χ2v) is 7.76. The van der Waals surface area contributed by atoms with E-state index in [4.69, 9.17) is 0 Å². The zero-order valence-corrected chi connectivity index (χ0v) is 13.1. The summed E-state index contributed by atoms with van der Waals surface area (Å²) >= 11 is 0. The van der Waals surface area contributed by atoms with E-state index in [0.717, 1.165) is 11.1 Å². The molecule has 1 heterocycles. The van der Waals surface area contributed by atoms with Gasteiger partial charge in [0, 0.05) is 13.1 Å². The highest BCUT2D eigenvalue weighted by molar-refractivity contribution is 7.89. The largest absolute Gasteiger partial charge is 0.243 e. The Morgan fingerprint density at radius 1 is 0.905 bits per heavy atom. The molecule has 0 saturated carbocycles. The summed E-state index contributed by atoms with van der Waals surface area (Å²) < 4.78 is 26.3. The topological polar surface area (TPSA) is 37.4 Å². The van der Waals surface area contributed by atoms with Gasteiger partial charge in [-0.25, -0.2) is 8.42 Å². The smallest absolute Gasteiger partial charge is 0.207 e. The molecule has 3 rings (SSSR count). The summed E-state index contributed by atoms with van der Waals surface area (Å²) in [5, 5.41) is 0. The maximum absolute atomic E-state index is 12.4. The lowest BCUT2D eigenvalue weighted by molar-refractivity contribution is 0.218. The van der Waals surface area contributed by atoms with Crippen LogP contribution >= 0.6 is 0 Å². The van der Waals surface area contributed by atoms with E-state index in [-0.39, 0.29) is 0 Å². The molecular formula is C17H19NO2S. The summed E-state index contributed by atoms with van der Waals surface area (Å²) in [6.45, 7) is 5.37. The molecule has 3 nitrogen and oxygen atoms in total. The van der Waals surface area contributed by atoms with Crippen molar-refractivity contribution >= 4 is 10.0 Å². The van der Waals surface area contributed by atoms with Crippen LogP contribution in [0, 0.1) is 12.8 Å². The number of nitrogens with zero attached hydrogens (tertiary/aromatic N) is 1. The molecule has 2 aromatic rings. The Morgan fingerprint density at radius 3 is 1.86 bits per heavy atom. The van der Waals surface area contributed by atoms with Gasteiger partial charge in [0.1, 0.15) is 0 Å². The number of rotatable bonds is 3. The van der Waals surface area contributed by atoms with Crippen LogP contribution < -0.4 is 0 Å². The van der Waals surface area contributed by atoms with Gasteiger partial charge in [0.05, 0.1) is 4.90 Å². The van der Waals surface area contributed by atoms with E-state index in [1.165, 1.54) is 5.56 Å². The fraction of sp³-hybridized carbons (Fsp3) is 0.294. The Morgan fingerprint density at radius 2 is 1.38 bits per heavy atom. The van der Waals surface area contributed by atoms with Crippen LogP contribution in [0.4, 0.5) is 0 Å². The third kappa shape index (κ3) is 2.74. The summed E-state index contributed by atoms with van der Waals surface area (Å²) in [6.07, 6.45) is 0. The molecule has 0 N–H and O–H groups in total. The Balaban J connectivity index is 1.86. The first kappa shape index (κ1) is 14.3. The van der Waals surface area contributed by atoms with Gasteiger partial charge in [-0.1, -0.05) is 48.9 Å². The number of sulfonamides is 1. The fourth-order valence-electron chi connectivity index (χ4n) is 2.55. The van der Waals surface area contributed by atoms with E-state index in [1.54, 1.807) is 16.4 Å². The molecule has 0 aliphatic carbocycles. The second kappa shape index (κ2) is 5.28.